The average Bonchev–Trinajstić information content (AvgIpc) is 2.95. The smallest absolute Gasteiger partial charge is 0.194 e. The van der Waals surface area contributed by atoms with Crippen LogP contribution in [0.5, 0.6) is 0 Å². The van der Waals surface area contributed by atoms with Crippen LogP contribution in [-0.2, 0) is 6.42 Å². The number of nitrogens with two attached hydrogens (primary N) is 1. The molecule has 0 atom stereocenters. The third-order valence-electron chi connectivity index (χ3n) is 2.79. The highest BCUT2D eigenvalue weighted by Gasteiger charge is 2.11. The molecule has 5 nitrogen and oxygen atoms in total. The van der Waals surface area contributed by atoms with Crippen LogP contribution in [0.4, 0.5) is 0 Å². The van der Waals surface area contributed by atoms with Crippen LogP contribution >= 0.6 is 11.3 Å². The molecule has 0 saturated heterocycles. The summed E-state index contributed by atoms with van der Waals surface area (Å²) in [5.41, 5.74) is 9.86. The second kappa shape index (κ2) is 3.97. The first-order valence-corrected chi connectivity index (χ1v) is 6.33. The lowest BCUT2D eigenvalue weighted by Crippen LogP contribution is -2.04. The van der Waals surface area contributed by atoms with Crippen LogP contribution in [0.15, 0.2) is 17.8 Å². The van der Waals surface area contributed by atoms with Gasteiger partial charge in [0.15, 0.2) is 4.96 Å². The maximum atomic E-state index is 5.59. The van der Waals surface area contributed by atoms with E-state index in [9.17, 15) is 0 Å². The van der Waals surface area contributed by atoms with Gasteiger partial charge < -0.3 is 5.73 Å². The van der Waals surface area contributed by atoms with Gasteiger partial charge in [0.05, 0.1) is 11.9 Å². The van der Waals surface area contributed by atoms with E-state index in [0.29, 0.717) is 6.54 Å². The average molecular weight is 247 g/mol. The van der Waals surface area contributed by atoms with Crippen molar-refractivity contribution >= 4 is 16.3 Å². The highest BCUT2D eigenvalue weighted by Crippen LogP contribution is 2.24. The molecular weight excluding hydrogens is 234 g/mol. The molecule has 3 aromatic rings. The van der Waals surface area contributed by atoms with E-state index in [1.807, 2.05) is 13.1 Å². The molecule has 6 heteroatoms. The number of hydrogen-bond donors (Lipinski definition) is 2. The minimum atomic E-state index is 0.657. The van der Waals surface area contributed by atoms with E-state index in [2.05, 4.69) is 31.2 Å². The molecule has 0 aromatic carbocycles. The number of thiazole rings is 1. The number of aromatic nitrogens is 4. The van der Waals surface area contributed by atoms with Gasteiger partial charge in [0, 0.05) is 34.9 Å². The molecular formula is C11H13N5S. The van der Waals surface area contributed by atoms with Crippen LogP contribution in [0.1, 0.15) is 11.4 Å². The molecule has 0 unspecified atom stereocenters. The zero-order valence-electron chi connectivity index (χ0n) is 9.47. The summed E-state index contributed by atoms with van der Waals surface area (Å²) >= 11 is 1.64. The number of fused-ring (bicyclic) bond motifs is 1. The fourth-order valence-electron chi connectivity index (χ4n) is 1.90. The minimum Gasteiger partial charge on any atom is -0.330 e. The number of aryl methyl sites for hydroxylation is 1. The summed E-state index contributed by atoms with van der Waals surface area (Å²) in [5.74, 6) is 0. The summed E-state index contributed by atoms with van der Waals surface area (Å²) in [7, 11) is 0. The molecule has 3 aromatic heterocycles. The second-order valence-electron chi connectivity index (χ2n) is 3.95. The van der Waals surface area contributed by atoms with Crippen LogP contribution < -0.4 is 5.73 Å². The van der Waals surface area contributed by atoms with Gasteiger partial charge in [-0.2, -0.15) is 5.10 Å². The summed E-state index contributed by atoms with van der Waals surface area (Å²) in [4.78, 5) is 5.60. The van der Waals surface area contributed by atoms with E-state index in [-0.39, 0.29) is 0 Å². The Hall–Kier alpha value is -1.66. The fourth-order valence-corrected chi connectivity index (χ4v) is 2.80. The van der Waals surface area contributed by atoms with Crippen molar-refractivity contribution in [3.05, 3.63) is 29.2 Å². The zero-order valence-corrected chi connectivity index (χ0v) is 10.3. The normalized spacial score (nSPS) is 11.4. The molecule has 0 amide bonds. The van der Waals surface area contributed by atoms with Gasteiger partial charge in [0.1, 0.15) is 0 Å². The quantitative estimate of drug-likeness (QED) is 0.738. The van der Waals surface area contributed by atoms with E-state index in [1.165, 1.54) is 5.69 Å². The van der Waals surface area contributed by atoms with Gasteiger partial charge in [-0.25, -0.2) is 4.98 Å². The number of rotatable bonds is 3. The standard InChI is InChI=1S/C11H13N5S/c1-7-9(4-13-15-7)10-5-16-8(2-3-12)6-17-11(16)14-10/h4-6H,2-3,12H2,1H3,(H,13,15). The predicted molar refractivity (Wildman–Crippen MR) is 68.1 cm³/mol. The monoisotopic (exact) mass is 247 g/mol. The summed E-state index contributed by atoms with van der Waals surface area (Å²) in [6, 6.07) is 0. The van der Waals surface area contributed by atoms with Crippen LogP contribution in [-0.4, -0.2) is 26.1 Å². The van der Waals surface area contributed by atoms with Gasteiger partial charge >= 0.3 is 0 Å². The van der Waals surface area contributed by atoms with Gasteiger partial charge in [-0.3, -0.25) is 9.50 Å². The van der Waals surface area contributed by atoms with Crippen LogP contribution in [0.25, 0.3) is 16.2 Å². The van der Waals surface area contributed by atoms with Gasteiger partial charge in [-0.1, -0.05) is 0 Å². The van der Waals surface area contributed by atoms with E-state index < -0.39 is 0 Å². The van der Waals surface area contributed by atoms with Crippen molar-refractivity contribution in [3.63, 3.8) is 0 Å². The molecule has 0 fully saturated rings. The van der Waals surface area contributed by atoms with Crippen molar-refractivity contribution in [2.45, 2.75) is 13.3 Å². The Morgan fingerprint density at radius 3 is 3.12 bits per heavy atom. The predicted octanol–water partition coefficient (Wildman–Crippen LogP) is 1.60. The second-order valence-corrected chi connectivity index (χ2v) is 4.79. The first-order chi connectivity index (χ1) is 8.29. The van der Waals surface area contributed by atoms with E-state index in [0.717, 1.165) is 28.3 Å². The van der Waals surface area contributed by atoms with Gasteiger partial charge in [-0.15, -0.1) is 11.3 Å². The molecule has 0 aliphatic rings. The maximum Gasteiger partial charge on any atom is 0.194 e. The summed E-state index contributed by atoms with van der Waals surface area (Å²) < 4.78 is 2.11. The number of nitrogens with zero attached hydrogens (tertiary/aromatic N) is 3. The van der Waals surface area contributed by atoms with E-state index in [4.69, 9.17) is 5.73 Å². The minimum absolute atomic E-state index is 0.657. The van der Waals surface area contributed by atoms with Crippen molar-refractivity contribution in [3.8, 4) is 11.3 Å². The lowest BCUT2D eigenvalue weighted by Gasteiger charge is -1.94. The molecule has 0 bridgehead atoms. The Balaban J connectivity index is 2.11. The molecule has 0 radical (unpaired) electrons. The molecule has 0 saturated carbocycles. The fraction of sp³-hybridized carbons (Fsp3) is 0.273. The Morgan fingerprint density at radius 1 is 1.53 bits per heavy atom. The van der Waals surface area contributed by atoms with Gasteiger partial charge in [-0.05, 0) is 13.5 Å². The molecule has 0 aliphatic carbocycles. The summed E-state index contributed by atoms with van der Waals surface area (Å²) in [5, 5.41) is 9.06. The van der Waals surface area contributed by atoms with Crippen LogP contribution in [0.2, 0.25) is 0 Å². The Kier molecular flexibility index (Phi) is 2.45. The molecule has 88 valence electrons. The Morgan fingerprint density at radius 2 is 2.41 bits per heavy atom. The number of H-pyrrole nitrogens is 1. The van der Waals surface area contributed by atoms with Gasteiger partial charge in [0.2, 0.25) is 0 Å². The largest absolute Gasteiger partial charge is 0.330 e. The van der Waals surface area contributed by atoms with Crippen LogP contribution in [0.3, 0.4) is 0 Å². The van der Waals surface area contributed by atoms with Crippen molar-refractivity contribution in [1.29, 1.82) is 0 Å². The summed E-state index contributed by atoms with van der Waals surface area (Å²) in [6.45, 7) is 2.65. The van der Waals surface area contributed by atoms with Gasteiger partial charge in [0.25, 0.3) is 0 Å². The number of hydrogen-bond acceptors (Lipinski definition) is 4. The number of imidazole rings is 1. The first kappa shape index (κ1) is 10.5. The van der Waals surface area contributed by atoms with Crippen LogP contribution in [0, 0.1) is 6.92 Å². The third-order valence-corrected chi connectivity index (χ3v) is 3.68. The van der Waals surface area contributed by atoms with Crippen molar-refractivity contribution in [1.82, 2.24) is 19.6 Å². The zero-order chi connectivity index (χ0) is 11.8. The summed E-state index contributed by atoms with van der Waals surface area (Å²) in [6.07, 6.45) is 4.74. The van der Waals surface area contributed by atoms with Crippen molar-refractivity contribution < 1.29 is 0 Å². The lowest BCUT2D eigenvalue weighted by atomic mass is 10.2. The topological polar surface area (TPSA) is 72.0 Å². The van der Waals surface area contributed by atoms with E-state index >= 15 is 0 Å². The third kappa shape index (κ3) is 1.65. The molecule has 3 N–H and O–H groups in total. The van der Waals surface area contributed by atoms with E-state index in [1.54, 1.807) is 11.3 Å². The molecule has 0 aliphatic heterocycles. The maximum absolute atomic E-state index is 5.59. The molecule has 0 spiro atoms. The Bertz CT molecular complexity index is 648. The molecule has 3 rings (SSSR count). The number of nitrogens with one attached hydrogen (secondary N) is 1. The lowest BCUT2D eigenvalue weighted by molar-refractivity contribution is 0.909. The number of aromatic amines is 1. The SMILES string of the molecule is Cc1[nH]ncc1-c1cn2c(CCN)csc2n1. The highest BCUT2D eigenvalue weighted by atomic mass is 32.1. The van der Waals surface area contributed by atoms with Crippen molar-refractivity contribution in [2.24, 2.45) is 5.73 Å². The van der Waals surface area contributed by atoms with Crippen molar-refractivity contribution in [2.75, 3.05) is 6.54 Å². The molecule has 17 heavy (non-hydrogen) atoms. The molecule has 3 heterocycles. The first-order valence-electron chi connectivity index (χ1n) is 5.45. The highest BCUT2D eigenvalue weighted by molar-refractivity contribution is 7.15. The Labute approximate surface area is 102 Å².